The molecule has 526 valence electrons. The molecule has 0 saturated carbocycles. The summed E-state index contributed by atoms with van der Waals surface area (Å²) in [6.07, 6.45) is 19.4. The Labute approximate surface area is 591 Å². The van der Waals surface area contributed by atoms with Crippen LogP contribution < -0.4 is 5.32 Å². The first-order chi connectivity index (χ1) is 47.1. The van der Waals surface area contributed by atoms with Crippen molar-refractivity contribution in [3.63, 3.8) is 0 Å². The maximum absolute atomic E-state index is 14.5. The van der Waals surface area contributed by atoms with Crippen molar-refractivity contribution in [3.8, 4) is 0 Å². The fourth-order valence-electron chi connectivity index (χ4n) is 18.9. The van der Waals surface area contributed by atoms with E-state index in [-0.39, 0.29) is 53.8 Å². The number of imide groups is 1. The number of benzene rings is 3. The Morgan fingerprint density at radius 3 is 2.19 bits per heavy atom. The highest BCUT2D eigenvalue weighted by Crippen LogP contribution is 2.53. The zero-order chi connectivity index (χ0) is 69.2. The minimum Gasteiger partial charge on any atom is -0.361 e. The number of ketones is 1. The van der Waals surface area contributed by atoms with Crippen LogP contribution in [0.1, 0.15) is 138 Å². The Balaban J connectivity index is 0.000000139. The van der Waals surface area contributed by atoms with Crippen molar-refractivity contribution >= 4 is 95.5 Å². The highest BCUT2D eigenvalue weighted by molar-refractivity contribution is 9.10. The fourth-order valence-corrected chi connectivity index (χ4v) is 20.2. The second kappa shape index (κ2) is 28.7. The molecule has 5 saturated heterocycles. The fraction of sp³-hybridized carbons (Fsp3) is 0.577. The molecule has 0 bridgehead atoms. The standard InChI is InChI=1S/C33H41BrN4O5.C26H37N5O2.C19H26N2S/c1-17(2)12-25-30(40)37-11-7-10-27(37)33(42)38(25)31(41)32(43-33,18(3)4)15-26(39)19-13-21-20-8-6-9-23-28(20)22(29(34)35-23)14-24(21)36(5)16-19;1-5-11-30-17-19(25(32)31(26(33)27-6-2)13-8-12-29(3)4)14-21-20-9-7-10-22-24(20)18(16-28-22)15-23(21)30;1-3-7-21-11-13(12-22-2)8-16-15-5-4-6-17-19(15)14(10-20-17)9-18(16)21/h6,8-9,13,17-19,24-25,27,35,42H,7,10-12,14-16H2,1-5H3;5,7,9-10,16,19,21,23,28H,1,6,8,11-15,17H2,2-4H3,(H,27,33);4-6,10,13,16,18,20H,3,7-9,11-12H2,1-2H3/t19-,24-,25+,27+,32-,33+;19-,21?,23-;13-,16-,18-/m111/s1. The number of aliphatic hydroxyl groups is 1. The highest BCUT2D eigenvalue weighted by atomic mass is 79.9. The number of ether oxygens (including phenoxy) is 1. The first-order valence-electron chi connectivity index (χ1n) is 36.4. The van der Waals surface area contributed by atoms with Crippen molar-refractivity contribution in [2.75, 3.05) is 92.1 Å². The van der Waals surface area contributed by atoms with E-state index in [2.05, 4.69) is 150 Å². The van der Waals surface area contributed by atoms with Gasteiger partial charge in [-0.25, -0.2) is 4.79 Å². The van der Waals surface area contributed by atoms with E-state index in [0.29, 0.717) is 57.6 Å². The van der Waals surface area contributed by atoms with Crippen LogP contribution in [0, 0.1) is 29.6 Å². The van der Waals surface area contributed by atoms with E-state index < -0.39 is 41.3 Å². The largest absolute Gasteiger partial charge is 0.361 e. The van der Waals surface area contributed by atoms with Gasteiger partial charge in [0.05, 0.1) is 10.5 Å². The molecular weight excluding hydrogens is 1310 g/mol. The van der Waals surface area contributed by atoms with Crippen LogP contribution in [0.5, 0.6) is 0 Å². The van der Waals surface area contributed by atoms with Crippen LogP contribution in [0.2, 0.25) is 0 Å². The van der Waals surface area contributed by atoms with Crippen molar-refractivity contribution in [1.82, 2.24) is 54.6 Å². The number of hydrogen-bond acceptors (Lipinski definition) is 12. The number of hydrogen-bond donors (Lipinski definition) is 5. The molecule has 5 fully saturated rings. The van der Waals surface area contributed by atoms with Gasteiger partial charge in [-0.15, -0.1) is 6.58 Å². The first-order valence-corrected chi connectivity index (χ1v) is 38.6. The predicted molar refractivity (Wildman–Crippen MR) is 395 cm³/mol. The number of amides is 5. The Bertz CT molecular complexity index is 4030. The molecule has 6 aliphatic heterocycles. The zero-order valence-corrected chi connectivity index (χ0v) is 61.7. The van der Waals surface area contributed by atoms with Crippen LogP contribution in [-0.2, 0) is 43.2 Å². The third kappa shape index (κ3) is 12.7. The molecule has 0 spiro atoms. The number of aromatic amines is 3. The first kappa shape index (κ1) is 70.3. The lowest BCUT2D eigenvalue weighted by molar-refractivity contribution is -0.319. The summed E-state index contributed by atoms with van der Waals surface area (Å²) >= 11 is 5.72. The van der Waals surface area contributed by atoms with Crippen LogP contribution in [-0.4, -0.2) is 218 Å². The van der Waals surface area contributed by atoms with Crippen molar-refractivity contribution in [2.45, 2.75) is 166 Å². The third-order valence-electron chi connectivity index (χ3n) is 23.3. The summed E-state index contributed by atoms with van der Waals surface area (Å²) in [7, 11) is 6.07. The molecular formula is C78H104BrN11O7S. The van der Waals surface area contributed by atoms with Crippen molar-refractivity contribution in [3.05, 3.63) is 124 Å². The van der Waals surface area contributed by atoms with E-state index in [1.165, 1.54) is 91.8 Å². The number of likely N-dealkylation sites (tertiary alicyclic amines) is 2. The van der Waals surface area contributed by atoms with Gasteiger partial charge in [0.25, 0.3) is 11.8 Å². The molecule has 5 N–H and O–H groups in total. The molecule has 98 heavy (non-hydrogen) atoms. The summed E-state index contributed by atoms with van der Waals surface area (Å²) in [6.45, 7) is 22.7. The number of nitrogens with one attached hydrogen (secondary N) is 4. The SMILES string of the molecule is C=CCN1C[C@H](C(=O)N(CCCN(C)C)C(=O)NCC)CC2c3cccc4[nH]cc(c34)C[C@H]21.CC(C)C[C@H]1C(=O)N2CCC[C@H]2[C@]2(O)O[C@](CC(=O)[C@@H]3C=C4c5cccc6[nH]c(Br)c(c56)C[C@H]4N(C)C3)(C(C)C)C(=O)N12.CCCN1C[C@H](CSC)C[C@@H]2c3cccc4[nH]cc(c34)C[C@H]21. The number of aromatic nitrogens is 3. The zero-order valence-electron chi connectivity index (χ0n) is 59.3. The molecule has 6 aromatic rings. The van der Waals surface area contributed by atoms with E-state index >= 15 is 0 Å². The molecule has 20 heteroatoms. The lowest BCUT2D eigenvalue weighted by Gasteiger charge is -2.49. The van der Waals surface area contributed by atoms with Gasteiger partial charge in [-0.05, 0) is 208 Å². The summed E-state index contributed by atoms with van der Waals surface area (Å²) in [6, 6.07) is 19.0. The summed E-state index contributed by atoms with van der Waals surface area (Å²) in [4.78, 5) is 93.3. The maximum atomic E-state index is 14.5. The number of H-pyrrole nitrogens is 3. The van der Waals surface area contributed by atoms with E-state index in [1.54, 1.807) is 10.5 Å². The number of rotatable bonds is 18. The molecule has 9 aliphatic rings. The van der Waals surface area contributed by atoms with E-state index in [9.17, 15) is 29.1 Å². The molecule has 18 nitrogen and oxygen atoms in total. The minimum absolute atomic E-state index is 0.0562. The average molecular weight is 1420 g/mol. The summed E-state index contributed by atoms with van der Waals surface area (Å²) in [5, 5.41) is 19.1. The molecule has 9 heterocycles. The monoisotopic (exact) mass is 1420 g/mol. The molecule has 1 unspecified atom stereocenters. The van der Waals surface area contributed by atoms with Gasteiger partial charge >= 0.3 is 6.03 Å². The smallest absolute Gasteiger partial charge is 0.324 e. The summed E-state index contributed by atoms with van der Waals surface area (Å²) < 4.78 is 7.55. The molecule has 0 radical (unpaired) electrons. The minimum atomic E-state index is -1.95. The van der Waals surface area contributed by atoms with Crippen LogP contribution in [0.15, 0.2) is 90.3 Å². The van der Waals surface area contributed by atoms with Crippen LogP contribution in [0.25, 0.3) is 38.3 Å². The predicted octanol–water partition coefficient (Wildman–Crippen LogP) is 11.5. The second-order valence-electron chi connectivity index (χ2n) is 30.6. The Morgan fingerprint density at radius 2 is 1.55 bits per heavy atom. The van der Waals surface area contributed by atoms with Crippen LogP contribution in [0.3, 0.4) is 0 Å². The molecule has 15 rings (SSSR count). The summed E-state index contributed by atoms with van der Waals surface area (Å²) in [5.41, 5.74) is 11.3. The van der Waals surface area contributed by atoms with E-state index in [0.717, 1.165) is 83.8 Å². The van der Waals surface area contributed by atoms with E-state index in [4.69, 9.17) is 4.74 Å². The molecule has 5 amide bonds. The van der Waals surface area contributed by atoms with Gasteiger partial charge in [0.1, 0.15) is 17.9 Å². The van der Waals surface area contributed by atoms with Crippen molar-refractivity contribution in [1.29, 1.82) is 0 Å². The highest BCUT2D eigenvalue weighted by Gasteiger charge is 2.71. The van der Waals surface area contributed by atoms with Gasteiger partial charge in [-0.2, -0.15) is 11.8 Å². The lowest BCUT2D eigenvalue weighted by Crippen LogP contribution is -2.71. The van der Waals surface area contributed by atoms with Gasteiger partial charge < -0.3 is 39.9 Å². The third-order valence-corrected chi connectivity index (χ3v) is 24.8. The molecule has 3 aromatic carbocycles. The number of piperazine rings is 1. The Hall–Kier alpha value is -6.10. The summed E-state index contributed by atoms with van der Waals surface area (Å²) in [5.74, 6) is -0.457. The van der Waals surface area contributed by atoms with Gasteiger partial charge in [-0.1, -0.05) is 83.2 Å². The quantitative estimate of drug-likeness (QED) is 0.0512. The number of piperidine rings is 2. The number of Topliss-reactive ketones (excluding diaryl/α,β-unsaturated/α-hetero) is 1. The molecule has 3 aromatic heterocycles. The number of nitrogens with zero attached hydrogens (tertiary/aromatic N) is 7. The topological polar surface area (TPSA) is 197 Å². The second-order valence-corrected chi connectivity index (χ2v) is 32.3. The molecule has 12 atom stereocenters. The van der Waals surface area contributed by atoms with Gasteiger partial charge in [0.2, 0.25) is 11.8 Å². The van der Waals surface area contributed by atoms with Crippen LogP contribution in [0.4, 0.5) is 4.79 Å². The number of halogens is 1. The number of carbonyl (C=O) groups excluding carboxylic acids is 5. The Morgan fingerprint density at radius 1 is 0.878 bits per heavy atom. The maximum Gasteiger partial charge on any atom is 0.324 e. The van der Waals surface area contributed by atoms with Gasteiger partial charge in [-0.3, -0.25) is 43.7 Å². The average Bonchev–Trinajstić information content (AvgIpc) is 1.53. The number of thioether (sulfide) groups is 1. The number of fused-ring (bicyclic) bond motifs is 9. The molecule has 3 aliphatic carbocycles. The van der Waals surface area contributed by atoms with Gasteiger partial charge in [0, 0.05) is 133 Å². The Kier molecular flexibility index (Phi) is 20.6. The normalized spacial score (nSPS) is 28.6. The number of carbonyl (C=O) groups is 5. The van der Waals surface area contributed by atoms with E-state index in [1.807, 2.05) is 72.6 Å². The van der Waals surface area contributed by atoms with Gasteiger partial charge in [0.15, 0.2) is 5.60 Å². The number of urea groups is 1. The lowest BCUT2D eigenvalue weighted by atomic mass is 9.72. The van der Waals surface area contributed by atoms with Crippen molar-refractivity contribution < 1.29 is 33.8 Å². The number of likely N-dealkylation sites (N-methyl/N-ethyl adjacent to an activating group) is 1. The van der Waals surface area contributed by atoms with Crippen molar-refractivity contribution in [2.24, 2.45) is 29.6 Å². The van der Waals surface area contributed by atoms with Crippen LogP contribution >= 0.6 is 27.7 Å².